The van der Waals surface area contributed by atoms with Gasteiger partial charge in [-0.3, -0.25) is 10.1 Å². The molecule has 7 nitrogen and oxygen atoms in total. The predicted molar refractivity (Wildman–Crippen MR) is 81.9 cm³/mol. The summed E-state index contributed by atoms with van der Waals surface area (Å²) in [7, 11) is 0. The third kappa shape index (κ3) is 4.48. The fraction of sp³-hybridized carbons (Fsp3) is 0.133. The van der Waals surface area contributed by atoms with Crippen LogP contribution in [0.3, 0.4) is 0 Å². The maximum Gasteiger partial charge on any atom is 0.319 e. The van der Waals surface area contributed by atoms with Crippen molar-refractivity contribution < 1.29 is 14.8 Å². The molecule has 0 fully saturated rings. The first-order chi connectivity index (χ1) is 10.5. The van der Waals surface area contributed by atoms with E-state index in [0.29, 0.717) is 18.7 Å². The van der Waals surface area contributed by atoms with Gasteiger partial charge in [-0.05, 0) is 30.2 Å². The van der Waals surface area contributed by atoms with Crippen LogP contribution >= 0.6 is 0 Å². The molecule has 2 amide bonds. The van der Waals surface area contributed by atoms with Gasteiger partial charge in [0.2, 0.25) is 0 Å². The van der Waals surface area contributed by atoms with Gasteiger partial charge in [-0.25, -0.2) is 4.79 Å². The van der Waals surface area contributed by atoms with Crippen LogP contribution < -0.4 is 10.6 Å². The zero-order valence-corrected chi connectivity index (χ0v) is 11.7. The van der Waals surface area contributed by atoms with Crippen LogP contribution in [-0.2, 0) is 6.42 Å². The molecule has 2 aromatic rings. The zero-order chi connectivity index (χ0) is 15.9. The molecule has 0 unspecified atom stereocenters. The van der Waals surface area contributed by atoms with E-state index in [-0.39, 0.29) is 11.4 Å². The lowest BCUT2D eigenvalue weighted by Gasteiger charge is -2.07. The Labute approximate surface area is 126 Å². The number of nitrogens with one attached hydrogen (secondary N) is 2. The van der Waals surface area contributed by atoms with Crippen molar-refractivity contribution in [2.75, 3.05) is 11.9 Å². The summed E-state index contributed by atoms with van der Waals surface area (Å²) in [6, 6.07) is 12.0. The number of nitrogens with zero attached hydrogens (tertiary/aromatic N) is 1. The van der Waals surface area contributed by atoms with Gasteiger partial charge in [0.1, 0.15) is 5.75 Å². The molecule has 0 saturated carbocycles. The number of carbonyl (C=O) groups excluding carboxylic acids is 1. The van der Waals surface area contributed by atoms with Crippen LogP contribution in [0.25, 0.3) is 0 Å². The smallest absolute Gasteiger partial charge is 0.319 e. The Bertz CT molecular complexity index is 671. The number of phenols is 1. The second-order valence-electron chi connectivity index (χ2n) is 4.60. The van der Waals surface area contributed by atoms with Gasteiger partial charge in [-0.15, -0.1) is 0 Å². The van der Waals surface area contributed by atoms with Gasteiger partial charge in [-0.1, -0.05) is 18.2 Å². The molecule has 114 valence electrons. The van der Waals surface area contributed by atoms with Crippen molar-refractivity contribution in [2.45, 2.75) is 6.42 Å². The lowest BCUT2D eigenvalue weighted by molar-refractivity contribution is -0.384. The minimum Gasteiger partial charge on any atom is -0.508 e. The van der Waals surface area contributed by atoms with Crippen LogP contribution in [0.15, 0.2) is 48.5 Å². The summed E-state index contributed by atoms with van der Waals surface area (Å²) in [5.74, 6) is 0.195. The molecular weight excluding hydrogens is 286 g/mol. The number of carbonyl (C=O) groups is 1. The summed E-state index contributed by atoms with van der Waals surface area (Å²) in [5.41, 5.74) is 1.26. The minimum atomic E-state index is -0.520. The molecule has 3 N–H and O–H groups in total. The van der Waals surface area contributed by atoms with Crippen molar-refractivity contribution in [3.05, 3.63) is 64.2 Å². The fourth-order valence-electron chi connectivity index (χ4n) is 1.86. The first-order valence-electron chi connectivity index (χ1n) is 6.62. The Morgan fingerprint density at radius 2 is 1.91 bits per heavy atom. The van der Waals surface area contributed by atoms with Gasteiger partial charge in [0.15, 0.2) is 0 Å². The number of nitro groups is 1. The van der Waals surface area contributed by atoms with Crippen molar-refractivity contribution in [3.63, 3.8) is 0 Å². The number of aromatic hydroxyl groups is 1. The van der Waals surface area contributed by atoms with Crippen molar-refractivity contribution in [1.82, 2.24) is 5.32 Å². The van der Waals surface area contributed by atoms with Crippen LogP contribution in [-0.4, -0.2) is 22.6 Å². The molecule has 0 aromatic heterocycles. The van der Waals surface area contributed by atoms with E-state index in [1.165, 1.54) is 18.2 Å². The van der Waals surface area contributed by atoms with Gasteiger partial charge in [-0.2, -0.15) is 0 Å². The summed E-state index contributed by atoms with van der Waals surface area (Å²) in [6.45, 7) is 0.408. The second-order valence-corrected chi connectivity index (χ2v) is 4.60. The highest BCUT2D eigenvalue weighted by Gasteiger charge is 2.07. The van der Waals surface area contributed by atoms with E-state index < -0.39 is 11.0 Å². The maximum atomic E-state index is 11.7. The molecule has 0 radical (unpaired) electrons. The number of non-ortho nitro benzene ring substituents is 1. The summed E-state index contributed by atoms with van der Waals surface area (Å²) < 4.78 is 0. The Morgan fingerprint density at radius 1 is 1.18 bits per heavy atom. The van der Waals surface area contributed by atoms with E-state index in [9.17, 15) is 14.9 Å². The van der Waals surface area contributed by atoms with Crippen molar-refractivity contribution >= 4 is 17.4 Å². The van der Waals surface area contributed by atoms with E-state index in [4.69, 9.17) is 5.11 Å². The maximum absolute atomic E-state index is 11.7. The molecule has 0 aliphatic rings. The summed E-state index contributed by atoms with van der Waals surface area (Å²) in [4.78, 5) is 21.8. The number of amides is 2. The number of hydrogen-bond donors (Lipinski definition) is 3. The predicted octanol–water partition coefficient (Wildman–Crippen LogP) is 2.66. The second kappa shape index (κ2) is 7.07. The standard InChI is InChI=1S/C15H15N3O4/c19-14-6-4-11(5-7-14)8-9-16-15(20)17-12-2-1-3-13(10-12)18(21)22/h1-7,10,19H,8-9H2,(H2,16,17,20). The minimum absolute atomic E-state index is 0.0816. The molecule has 2 aromatic carbocycles. The van der Waals surface area contributed by atoms with Crippen LogP contribution in [0.5, 0.6) is 5.75 Å². The van der Waals surface area contributed by atoms with E-state index in [1.807, 2.05) is 0 Å². The molecule has 7 heteroatoms. The third-order valence-electron chi connectivity index (χ3n) is 2.95. The largest absolute Gasteiger partial charge is 0.508 e. The van der Waals surface area contributed by atoms with Crippen LogP contribution in [0.1, 0.15) is 5.56 Å². The average Bonchev–Trinajstić information content (AvgIpc) is 2.49. The van der Waals surface area contributed by atoms with Gasteiger partial charge in [0.25, 0.3) is 5.69 Å². The van der Waals surface area contributed by atoms with Gasteiger partial charge < -0.3 is 15.7 Å². The summed E-state index contributed by atoms with van der Waals surface area (Å²) in [6.07, 6.45) is 0.614. The summed E-state index contributed by atoms with van der Waals surface area (Å²) >= 11 is 0. The van der Waals surface area contributed by atoms with Crippen LogP contribution in [0.4, 0.5) is 16.2 Å². The van der Waals surface area contributed by atoms with Crippen molar-refractivity contribution in [1.29, 1.82) is 0 Å². The highest BCUT2D eigenvalue weighted by molar-refractivity contribution is 5.89. The lowest BCUT2D eigenvalue weighted by Crippen LogP contribution is -2.30. The normalized spacial score (nSPS) is 10.0. The van der Waals surface area contributed by atoms with E-state index in [2.05, 4.69) is 10.6 Å². The lowest BCUT2D eigenvalue weighted by atomic mass is 10.1. The van der Waals surface area contributed by atoms with Gasteiger partial charge in [0, 0.05) is 24.4 Å². The van der Waals surface area contributed by atoms with Crippen LogP contribution in [0, 0.1) is 10.1 Å². The number of rotatable bonds is 5. The average molecular weight is 301 g/mol. The molecule has 0 bridgehead atoms. The highest BCUT2D eigenvalue weighted by Crippen LogP contribution is 2.16. The van der Waals surface area contributed by atoms with E-state index in [1.54, 1.807) is 30.3 Å². The Morgan fingerprint density at radius 3 is 2.59 bits per heavy atom. The Kier molecular flexibility index (Phi) is 4.92. The highest BCUT2D eigenvalue weighted by atomic mass is 16.6. The first kappa shape index (κ1) is 15.3. The number of anilines is 1. The monoisotopic (exact) mass is 301 g/mol. The topological polar surface area (TPSA) is 104 Å². The Hall–Kier alpha value is -3.09. The Balaban J connectivity index is 1.81. The number of urea groups is 1. The number of benzene rings is 2. The van der Waals surface area contributed by atoms with E-state index in [0.717, 1.165) is 5.56 Å². The molecule has 0 aliphatic heterocycles. The van der Waals surface area contributed by atoms with Gasteiger partial charge >= 0.3 is 6.03 Å². The van der Waals surface area contributed by atoms with Gasteiger partial charge in [0.05, 0.1) is 4.92 Å². The quantitative estimate of drug-likeness (QED) is 0.583. The number of nitro benzene ring substituents is 1. The third-order valence-corrected chi connectivity index (χ3v) is 2.95. The number of phenolic OH excluding ortho intramolecular Hbond substituents is 1. The first-order valence-corrected chi connectivity index (χ1v) is 6.62. The summed E-state index contributed by atoms with van der Waals surface area (Å²) in [5, 5.41) is 25.0. The van der Waals surface area contributed by atoms with Crippen LogP contribution in [0.2, 0.25) is 0 Å². The van der Waals surface area contributed by atoms with E-state index >= 15 is 0 Å². The molecule has 0 heterocycles. The molecule has 0 spiro atoms. The molecule has 0 atom stereocenters. The molecule has 0 saturated heterocycles. The molecule has 0 aliphatic carbocycles. The molecule has 22 heavy (non-hydrogen) atoms. The number of hydrogen-bond acceptors (Lipinski definition) is 4. The fourth-order valence-corrected chi connectivity index (χ4v) is 1.86. The van der Waals surface area contributed by atoms with Crippen molar-refractivity contribution in [3.8, 4) is 5.75 Å². The molecular formula is C15H15N3O4. The van der Waals surface area contributed by atoms with Crippen molar-refractivity contribution in [2.24, 2.45) is 0 Å². The zero-order valence-electron chi connectivity index (χ0n) is 11.7. The SMILES string of the molecule is O=C(NCCc1ccc(O)cc1)Nc1cccc([N+](=O)[O-])c1. The molecule has 2 rings (SSSR count).